The van der Waals surface area contributed by atoms with Crippen LogP contribution >= 0.6 is 0 Å². The molecule has 2 N–H and O–H groups in total. The van der Waals surface area contributed by atoms with Crippen LogP contribution in [0.4, 0.5) is 11.4 Å². The molecule has 0 bridgehead atoms. The maximum atomic E-state index is 12.2. The number of non-ortho nitro benzene ring substituents is 1. The fourth-order valence-electron chi connectivity index (χ4n) is 2.49. The first-order valence-corrected chi connectivity index (χ1v) is 8.41. The minimum Gasteiger partial charge on any atom is -0.494 e. The molecule has 0 aliphatic carbocycles. The average Bonchev–Trinajstić information content (AvgIpc) is 2.63. The molecule has 0 radical (unpaired) electrons. The van der Waals surface area contributed by atoms with Gasteiger partial charge in [-0.1, -0.05) is 17.7 Å². The highest BCUT2D eigenvalue weighted by atomic mass is 16.6. The molecule has 2 rings (SSSR count). The van der Waals surface area contributed by atoms with Crippen LogP contribution in [-0.4, -0.2) is 23.3 Å². The Balaban J connectivity index is 2.04. The predicted molar refractivity (Wildman–Crippen MR) is 101 cm³/mol. The van der Waals surface area contributed by atoms with Crippen LogP contribution in [0.2, 0.25) is 0 Å². The number of anilines is 1. The van der Waals surface area contributed by atoms with Gasteiger partial charge < -0.3 is 15.4 Å². The fourth-order valence-corrected chi connectivity index (χ4v) is 2.49. The summed E-state index contributed by atoms with van der Waals surface area (Å²) in [7, 11) is 0. The van der Waals surface area contributed by atoms with Crippen LogP contribution in [0.3, 0.4) is 0 Å². The normalized spacial score (nSPS) is 11.4. The van der Waals surface area contributed by atoms with Crippen LogP contribution in [0, 0.1) is 17.0 Å². The molecular weight excluding hydrogens is 350 g/mol. The van der Waals surface area contributed by atoms with Gasteiger partial charge in [0.2, 0.25) is 0 Å². The molecule has 2 aromatic rings. The van der Waals surface area contributed by atoms with Crippen molar-refractivity contribution in [3.63, 3.8) is 0 Å². The number of amides is 2. The number of nitrogens with one attached hydrogen (secondary N) is 2. The fraction of sp³-hybridized carbons (Fsp3) is 0.263. The van der Waals surface area contributed by atoms with Crippen LogP contribution < -0.4 is 15.4 Å². The molecule has 0 spiro atoms. The summed E-state index contributed by atoms with van der Waals surface area (Å²) < 4.78 is 5.57. The lowest BCUT2D eigenvalue weighted by atomic mass is 10.0. The van der Waals surface area contributed by atoms with Crippen LogP contribution in [0.5, 0.6) is 5.75 Å². The van der Waals surface area contributed by atoms with Gasteiger partial charge >= 0.3 is 11.8 Å². The lowest BCUT2D eigenvalue weighted by molar-refractivity contribution is -0.384. The number of hydrogen-bond donors (Lipinski definition) is 2. The quantitative estimate of drug-likeness (QED) is 0.460. The van der Waals surface area contributed by atoms with Crippen molar-refractivity contribution < 1.29 is 19.2 Å². The van der Waals surface area contributed by atoms with Crippen molar-refractivity contribution in [2.24, 2.45) is 0 Å². The van der Waals surface area contributed by atoms with Gasteiger partial charge in [-0.3, -0.25) is 19.7 Å². The molecule has 8 heteroatoms. The van der Waals surface area contributed by atoms with E-state index >= 15 is 0 Å². The molecule has 0 saturated carbocycles. The molecule has 2 aromatic carbocycles. The minimum atomic E-state index is -0.860. The highest BCUT2D eigenvalue weighted by Gasteiger charge is 2.20. The summed E-state index contributed by atoms with van der Waals surface area (Å²) in [5.41, 5.74) is 1.96. The zero-order valence-corrected chi connectivity index (χ0v) is 15.3. The number of carbonyl (C=O) groups excluding carboxylic acids is 2. The van der Waals surface area contributed by atoms with E-state index in [0.29, 0.717) is 18.0 Å². The Hall–Kier alpha value is -3.42. The lowest BCUT2D eigenvalue weighted by Crippen LogP contribution is -2.37. The number of carbonyl (C=O) groups is 2. The van der Waals surface area contributed by atoms with E-state index in [2.05, 4.69) is 10.6 Å². The van der Waals surface area contributed by atoms with Crippen LogP contribution in [0.15, 0.2) is 42.5 Å². The highest BCUT2D eigenvalue weighted by molar-refractivity contribution is 6.39. The van der Waals surface area contributed by atoms with E-state index in [4.69, 9.17) is 4.74 Å². The molecule has 27 heavy (non-hydrogen) atoms. The monoisotopic (exact) mass is 371 g/mol. The minimum absolute atomic E-state index is 0.103. The Morgan fingerprint density at radius 2 is 1.81 bits per heavy atom. The van der Waals surface area contributed by atoms with E-state index in [1.807, 2.05) is 32.0 Å². The van der Waals surface area contributed by atoms with Crippen molar-refractivity contribution in [3.8, 4) is 5.75 Å². The number of ether oxygens (including phenoxy) is 1. The molecule has 2 amide bonds. The van der Waals surface area contributed by atoms with Gasteiger partial charge in [-0.2, -0.15) is 0 Å². The van der Waals surface area contributed by atoms with Crippen molar-refractivity contribution in [2.45, 2.75) is 26.8 Å². The molecule has 0 aliphatic rings. The zero-order chi connectivity index (χ0) is 20.0. The molecular formula is C19H21N3O5. The van der Waals surface area contributed by atoms with Gasteiger partial charge in [0.1, 0.15) is 5.75 Å². The summed E-state index contributed by atoms with van der Waals surface area (Å²) >= 11 is 0. The van der Waals surface area contributed by atoms with Crippen LogP contribution in [0.1, 0.15) is 31.0 Å². The van der Waals surface area contributed by atoms with E-state index in [-0.39, 0.29) is 5.69 Å². The largest absolute Gasteiger partial charge is 0.494 e. The first-order valence-electron chi connectivity index (χ1n) is 8.41. The SMILES string of the molecule is CCOc1ccc(C)cc1C(C)NC(=O)C(=O)Nc1ccc([N+](=O)[O-])cc1. The zero-order valence-electron chi connectivity index (χ0n) is 15.3. The van der Waals surface area contributed by atoms with Gasteiger partial charge in [-0.25, -0.2) is 0 Å². The third-order valence-electron chi connectivity index (χ3n) is 3.82. The molecule has 1 unspecified atom stereocenters. The van der Waals surface area contributed by atoms with E-state index in [1.165, 1.54) is 24.3 Å². The van der Waals surface area contributed by atoms with Gasteiger partial charge in [-0.05, 0) is 39.0 Å². The standard InChI is InChI=1S/C19H21N3O5/c1-4-27-17-10-5-12(2)11-16(17)13(3)20-18(23)19(24)21-14-6-8-15(9-7-14)22(25)26/h5-11,13H,4H2,1-3H3,(H,20,23)(H,21,24). The third-order valence-corrected chi connectivity index (χ3v) is 3.82. The summed E-state index contributed by atoms with van der Waals surface area (Å²) in [6, 6.07) is 10.4. The summed E-state index contributed by atoms with van der Waals surface area (Å²) in [5, 5.41) is 15.7. The Bertz CT molecular complexity index is 849. The molecule has 0 aromatic heterocycles. The summed E-state index contributed by atoms with van der Waals surface area (Å²) in [4.78, 5) is 34.4. The Morgan fingerprint density at radius 1 is 1.15 bits per heavy atom. The van der Waals surface area contributed by atoms with E-state index in [0.717, 1.165) is 11.1 Å². The number of rotatable bonds is 6. The number of nitro groups is 1. The van der Waals surface area contributed by atoms with Gasteiger partial charge in [0, 0.05) is 23.4 Å². The van der Waals surface area contributed by atoms with Crippen molar-refractivity contribution in [1.82, 2.24) is 5.32 Å². The smallest absolute Gasteiger partial charge is 0.313 e. The van der Waals surface area contributed by atoms with Gasteiger partial charge in [0.25, 0.3) is 5.69 Å². The molecule has 1 atom stereocenters. The van der Waals surface area contributed by atoms with Crippen molar-refractivity contribution in [3.05, 3.63) is 63.7 Å². The first-order chi connectivity index (χ1) is 12.8. The molecule has 142 valence electrons. The topological polar surface area (TPSA) is 111 Å². The van der Waals surface area contributed by atoms with Crippen LogP contribution in [-0.2, 0) is 9.59 Å². The number of hydrogen-bond acceptors (Lipinski definition) is 5. The third kappa shape index (κ3) is 5.27. The van der Waals surface area contributed by atoms with E-state index in [9.17, 15) is 19.7 Å². The van der Waals surface area contributed by atoms with Crippen molar-refractivity contribution in [1.29, 1.82) is 0 Å². The average molecular weight is 371 g/mol. The number of aryl methyl sites for hydroxylation is 1. The second-order valence-corrected chi connectivity index (χ2v) is 5.93. The maximum Gasteiger partial charge on any atom is 0.313 e. The second-order valence-electron chi connectivity index (χ2n) is 5.93. The molecule has 0 saturated heterocycles. The number of benzene rings is 2. The van der Waals surface area contributed by atoms with Gasteiger partial charge in [0.15, 0.2) is 0 Å². The lowest BCUT2D eigenvalue weighted by Gasteiger charge is -2.18. The van der Waals surface area contributed by atoms with Crippen LogP contribution in [0.25, 0.3) is 0 Å². The van der Waals surface area contributed by atoms with E-state index in [1.54, 1.807) is 6.92 Å². The first kappa shape index (κ1) is 19.9. The molecule has 8 nitrogen and oxygen atoms in total. The maximum absolute atomic E-state index is 12.2. The Kier molecular flexibility index (Phi) is 6.48. The second kappa shape index (κ2) is 8.79. The molecule has 0 fully saturated rings. The number of nitrogens with zero attached hydrogens (tertiary/aromatic N) is 1. The molecule has 0 aliphatic heterocycles. The van der Waals surface area contributed by atoms with E-state index < -0.39 is 22.8 Å². The van der Waals surface area contributed by atoms with Gasteiger partial charge in [0.05, 0.1) is 17.6 Å². The molecule has 0 heterocycles. The Morgan fingerprint density at radius 3 is 2.41 bits per heavy atom. The Labute approximate surface area is 156 Å². The van der Waals surface area contributed by atoms with Crippen molar-refractivity contribution >= 4 is 23.2 Å². The summed E-state index contributed by atoms with van der Waals surface area (Å²) in [6.07, 6.45) is 0. The highest BCUT2D eigenvalue weighted by Crippen LogP contribution is 2.26. The van der Waals surface area contributed by atoms with Crippen molar-refractivity contribution in [2.75, 3.05) is 11.9 Å². The predicted octanol–water partition coefficient (Wildman–Crippen LogP) is 3.12. The summed E-state index contributed by atoms with van der Waals surface area (Å²) in [5.74, 6) is -1.03. The number of nitro benzene ring substituents is 1. The van der Waals surface area contributed by atoms with Gasteiger partial charge in [-0.15, -0.1) is 0 Å². The summed E-state index contributed by atoms with van der Waals surface area (Å²) in [6.45, 7) is 6.03.